The van der Waals surface area contributed by atoms with Gasteiger partial charge in [0.25, 0.3) is 0 Å². The largest absolute Gasteiger partial charge is 0.399 e. The highest BCUT2D eigenvalue weighted by atomic mass is 16.2. The van der Waals surface area contributed by atoms with E-state index in [9.17, 15) is 4.79 Å². The Balaban J connectivity index is 1.91. The highest BCUT2D eigenvalue weighted by molar-refractivity contribution is 5.92. The number of rotatable bonds is 3. The summed E-state index contributed by atoms with van der Waals surface area (Å²) in [5.74, 6) is 0.0816. The van der Waals surface area contributed by atoms with E-state index in [1.807, 2.05) is 35.2 Å². The highest BCUT2D eigenvalue weighted by Gasteiger charge is 2.17. The number of anilines is 1. The third-order valence-corrected chi connectivity index (χ3v) is 3.46. The summed E-state index contributed by atoms with van der Waals surface area (Å²) in [6.07, 6.45) is 3.46. The van der Waals surface area contributed by atoms with Crippen molar-refractivity contribution in [1.82, 2.24) is 9.80 Å². The van der Waals surface area contributed by atoms with Gasteiger partial charge in [-0.3, -0.25) is 4.79 Å². The lowest BCUT2D eigenvalue weighted by atomic mass is 10.2. The molecule has 2 N–H and O–H groups in total. The van der Waals surface area contributed by atoms with Gasteiger partial charge in [-0.2, -0.15) is 0 Å². The fourth-order valence-electron chi connectivity index (χ4n) is 2.22. The average molecular weight is 259 g/mol. The van der Waals surface area contributed by atoms with Crippen molar-refractivity contribution in [1.29, 1.82) is 0 Å². The van der Waals surface area contributed by atoms with E-state index in [-0.39, 0.29) is 5.91 Å². The Labute approximate surface area is 114 Å². The zero-order valence-electron chi connectivity index (χ0n) is 11.4. The van der Waals surface area contributed by atoms with E-state index in [0.717, 1.165) is 38.3 Å². The van der Waals surface area contributed by atoms with E-state index >= 15 is 0 Å². The van der Waals surface area contributed by atoms with E-state index in [0.29, 0.717) is 5.69 Å². The van der Waals surface area contributed by atoms with Crippen molar-refractivity contribution in [3.8, 4) is 0 Å². The number of carbonyl (C=O) groups excluding carboxylic acids is 1. The molecule has 0 saturated carbocycles. The molecule has 0 spiro atoms. The number of carbonyl (C=O) groups is 1. The predicted molar refractivity (Wildman–Crippen MR) is 78.6 cm³/mol. The van der Waals surface area contributed by atoms with Crippen LogP contribution in [-0.2, 0) is 4.79 Å². The standard InChI is InChI=1S/C15H21N3O/c1-2-17-8-10-18(11-9-17)15(19)7-6-13-4-3-5-14(16)12-13/h3-7,12H,2,8-11,16H2,1H3/b7-6+. The number of piperazine rings is 1. The third kappa shape index (κ3) is 3.83. The number of hydrogen-bond acceptors (Lipinski definition) is 3. The Hall–Kier alpha value is -1.81. The number of nitrogens with zero attached hydrogens (tertiary/aromatic N) is 2. The van der Waals surface area contributed by atoms with E-state index in [1.165, 1.54) is 0 Å². The van der Waals surface area contributed by atoms with E-state index < -0.39 is 0 Å². The molecule has 0 radical (unpaired) electrons. The van der Waals surface area contributed by atoms with Gasteiger partial charge in [0.1, 0.15) is 0 Å². The normalized spacial score (nSPS) is 17.0. The molecule has 102 valence electrons. The third-order valence-electron chi connectivity index (χ3n) is 3.46. The van der Waals surface area contributed by atoms with Gasteiger partial charge < -0.3 is 15.5 Å². The fourth-order valence-corrected chi connectivity index (χ4v) is 2.22. The summed E-state index contributed by atoms with van der Waals surface area (Å²) in [7, 11) is 0. The molecule has 0 atom stereocenters. The number of nitrogen functional groups attached to an aromatic ring is 1. The molecule has 4 nitrogen and oxygen atoms in total. The molecule has 1 aromatic rings. The minimum absolute atomic E-state index is 0.0816. The summed E-state index contributed by atoms with van der Waals surface area (Å²) in [5.41, 5.74) is 7.38. The van der Waals surface area contributed by atoms with Crippen LogP contribution in [0.3, 0.4) is 0 Å². The Morgan fingerprint density at radius 3 is 2.68 bits per heavy atom. The second kappa shape index (κ2) is 6.38. The van der Waals surface area contributed by atoms with Gasteiger partial charge in [0, 0.05) is 37.9 Å². The van der Waals surface area contributed by atoms with Crippen molar-refractivity contribution in [2.45, 2.75) is 6.92 Å². The molecule has 0 aliphatic carbocycles. The predicted octanol–water partition coefficient (Wildman–Crippen LogP) is 1.45. The second-order valence-electron chi connectivity index (χ2n) is 4.76. The molecule has 1 saturated heterocycles. The van der Waals surface area contributed by atoms with Crippen LogP contribution < -0.4 is 5.73 Å². The van der Waals surface area contributed by atoms with Gasteiger partial charge in [0.2, 0.25) is 5.91 Å². The lowest BCUT2D eigenvalue weighted by molar-refractivity contribution is -0.127. The average Bonchev–Trinajstić information content (AvgIpc) is 2.45. The Kier molecular flexibility index (Phi) is 4.58. The molecule has 1 amide bonds. The summed E-state index contributed by atoms with van der Waals surface area (Å²) in [4.78, 5) is 16.3. The maximum atomic E-state index is 12.0. The number of likely N-dealkylation sites (N-methyl/N-ethyl adjacent to an activating group) is 1. The van der Waals surface area contributed by atoms with Gasteiger partial charge in [0.05, 0.1) is 0 Å². The van der Waals surface area contributed by atoms with Crippen LogP contribution in [-0.4, -0.2) is 48.4 Å². The molecule has 1 fully saturated rings. The molecule has 4 heteroatoms. The maximum absolute atomic E-state index is 12.0. The van der Waals surface area contributed by atoms with Crippen molar-refractivity contribution in [3.63, 3.8) is 0 Å². The van der Waals surface area contributed by atoms with Crippen molar-refractivity contribution < 1.29 is 4.79 Å². The van der Waals surface area contributed by atoms with Gasteiger partial charge in [-0.15, -0.1) is 0 Å². The summed E-state index contributed by atoms with van der Waals surface area (Å²) < 4.78 is 0. The van der Waals surface area contributed by atoms with E-state index in [2.05, 4.69) is 11.8 Å². The fraction of sp³-hybridized carbons (Fsp3) is 0.400. The molecular formula is C15H21N3O. The van der Waals surface area contributed by atoms with Gasteiger partial charge in [-0.05, 0) is 30.3 Å². The second-order valence-corrected chi connectivity index (χ2v) is 4.76. The van der Waals surface area contributed by atoms with Crippen LogP contribution in [0.15, 0.2) is 30.3 Å². The van der Waals surface area contributed by atoms with Crippen molar-refractivity contribution in [2.24, 2.45) is 0 Å². The van der Waals surface area contributed by atoms with Gasteiger partial charge in [-0.25, -0.2) is 0 Å². The van der Waals surface area contributed by atoms with Crippen LogP contribution in [0.25, 0.3) is 6.08 Å². The lowest BCUT2D eigenvalue weighted by Gasteiger charge is -2.33. The molecule has 19 heavy (non-hydrogen) atoms. The Bertz CT molecular complexity index is 462. The first-order valence-corrected chi connectivity index (χ1v) is 6.74. The van der Waals surface area contributed by atoms with Crippen molar-refractivity contribution >= 4 is 17.7 Å². The minimum atomic E-state index is 0.0816. The van der Waals surface area contributed by atoms with Gasteiger partial charge in [-0.1, -0.05) is 19.1 Å². The topological polar surface area (TPSA) is 49.6 Å². The smallest absolute Gasteiger partial charge is 0.246 e. The molecule has 1 aliphatic rings. The first-order chi connectivity index (χ1) is 9.19. The highest BCUT2D eigenvalue weighted by Crippen LogP contribution is 2.09. The van der Waals surface area contributed by atoms with Crippen LogP contribution in [0.1, 0.15) is 12.5 Å². The van der Waals surface area contributed by atoms with Crippen LogP contribution in [0.4, 0.5) is 5.69 Å². The lowest BCUT2D eigenvalue weighted by Crippen LogP contribution is -2.48. The molecular weight excluding hydrogens is 238 g/mol. The van der Waals surface area contributed by atoms with E-state index in [1.54, 1.807) is 6.08 Å². The quantitative estimate of drug-likeness (QED) is 0.660. The molecule has 2 rings (SSSR count). The van der Waals surface area contributed by atoms with Crippen LogP contribution in [0, 0.1) is 0 Å². The summed E-state index contributed by atoms with van der Waals surface area (Å²) in [6, 6.07) is 7.52. The number of nitrogens with two attached hydrogens (primary N) is 1. The molecule has 1 aliphatic heterocycles. The summed E-state index contributed by atoms with van der Waals surface area (Å²) >= 11 is 0. The van der Waals surface area contributed by atoms with E-state index in [4.69, 9.17) is 5.73 Å². The Morgan fingerprint density at radius 2 is 2.05 bits per heavy atom. The summed E-state index contributed by atoms with van der Waals surface area (Å²) in [6.45, 7) is 6.77. The zero-order valence-corrected chi connectivity index (χ0v) is 11.4. The van der Waals surface area contributed by atoms with Crippen LogP contribution >= 0.6 is 0 Å². The first kappa shape index (κ1) is 13.6. The first-order valence-electron chi connectivity index (χ1n) is 6.74. The summed E-state index contributed by atoms with van der Waals surface area (Å²) in [5, 5.41) is 0. The molecule has 0 unspecified atom stereocenters. The molecule has 1 heterocycles. The number of hydrogen-bond donors (Lipinski definition) is 1. The van der Waals surface area contributed by atoms with Gasteiger partial charge >= 0.3 is 0 Å². The van der Waals surface area contributed by atoms with Crippen LogP contribution in [0.5, 0.6) is 0 Å². The van der Waals surface area contributed by atoms with Gasteiger partial charge in [0.15, 0.2) is 0 Å². The Morgan fingerprint density at radius 1 is 1.32 bits per heavy atom. The van der Waals surface area contributed by atoms with Crippen molar-refractivity contribution in [2.75, 3.05) is 38.5 Å². The zero-order chi connectivity index (χ0) is 13.7. The minimum Gasteiger partial charge on any atom is -0.399 e. The number of benzene rings is 1. The monoisotopic (exact) mass is 259 g/mol. The molecule has 0 bridgehead atoms. The molecule has 0 aromatic heterocycles. The number of amides is 1. The maximum Gasteiger partial charge on any atom is 0.246 e. The van der Waals surface area contributed by atoms with Crippen molar-refractivity contribution in [3.05, 3.63) is 35.9 Å². The molecule has 1 aromatic carbocycles. The SMILES string of the molecule is CCN1CCN(C(=O)/C=C/c2cccc(N)c2)CC1. The van der Waals surface area contributed by atoms with Crippen LogP contribution in [0.2, 0.25) is 0 Å².